The van der Waals surface area contributed by atoms with Gasteiger partial charge in [0.1, 0.15) is 0 Å². The highest BCUT2D eigenvalue weighted by Gasteiger charge is 2.02. The highest BCUT2D eigenvalue weighted by atomic mass is 16.7. The van der Waals surface area contributed by atoms with Crippen molar-refractivity contribution < 1.29 is 14.3 Å². The van der Waals surface area contributed by atoms with E-state index in [0.29, 0.717) is 13.2 Å². The predicted octanol–water partition coefficient (Wildman–Crippen LogP) is 7.03. The molecule has 0 saturated heterocycles. The third-order valence-corrected chi connectivity index (χ3v) is 4.19. The first-order valence-corrected chi connectivity index (χ1v) is 10.1. The molecule has 3 heteroatoms. The molecule has 0 aliphatic carbocycles. The van der Waals surface area contributed by atoms with E-state index in [0.717, 1.165) is 25.7 Å². The molecule has 0 aliphatic rings. The summed E-state index contributed by atoms with van der Waals surface area (Å²) < 4.78 is 10.2. The monoisotopic (exact) mass is 328 g/mol. The summed E-state index contributed by atoms with van der Waals surface area (Å²) in [6, 6.07) is 0. The molecule has 138 valence electrons. The number of hydrogen-bond donors (Lipinski definition) is 0. The van der Waals surface area contributed by atoms with E-state index in [-0.39, 0.29) is 0 Å². The largest absolute Gasteiger partial charge is 0.508 e. The molecule has 0 atom stereocenters. The third kappa shape index (κ3) is 19.2. The molecule has 23 heavy (non-hydrogen) atoms. The zero-order chi connectivity index (χ0) is 17.0. The summed E-state index contributed by atoms with van der Waals surface area (Å²) in [7, 11) is 0. The van der Waals surface area contributed by atoms with Crippen LogP contribution in [0.15, 0.2) is 0 Å². The molecular formula is C20H40O3. The Morgan fingerprint density at radius 1 is 0.522 bits per heavy atom. The Labute approximate surface area is 144 Å². The first kappa shape index (κ1) is 22.3. The fourth-order valence-corrected chi connectivity index (χ4v) is 2.65. The van der Waals surface area contributed by atoms with Gasteiger partial charge in [0.25, 0.3) is 0 Å². The average Bonchev–Trinajstić information content (AvgIpc) is 2.55. The Morgan fingerprint density at radius 2 is 0.826 bits per heavy atom. The predicted molar refractivity (Wildman–Crippen MR) is 97.9 cm³/mol. The molecule has 0 radical (unpaired) electrons. The zero-order valence-corrected chi connectivity index (χ0v) is 15.7. The van der Waals surface area contributed by atoms with Gasteiger partial charge in [-0.1, -0.05) is 97.3 Å². The van der Waals surface area contributed by atoms with Crippen molar-refractivity contribution in [3.8, 4) is 0 Å². The van der Waals surface area contributed by atoms with E-state index in [1.54, 1.807) is 0 Å². The van der Waals surface area contributed by atoms with Crippen LogP contribution in [0, 0.1) is 0 Å². The summed E-state index contributed by atoms with van der Waals surface area (Å²) in [5.74, 6) is 0. The molecule has 0 unspecified atom stereocenters. The standard InChI is InChI=1S/C20H40O3/c1-3-5-7-9-11-12-13-15-17-19-23-20(21)22-18-16-14-10-8-6-4-2/h3-19H2,1-2H3. The maximum Gasteiger partial charge on any atom is 0.508 e. The number of rotatable bonds is 17. The van der Waals surface area contributed by atoms with Gasteiger partial charge in [0.15, 0.2) is 0 Å². The molecule has 0 bridgehead atoms. The highest BCUT2D eigenvalue weighted by Crippen LogP contribution is 2.09. The molecule has 0 rings (SSSR count). The van der Waals surface area contributed by atoms with Gasteiger partial charge in [-0.15, -0.1) is 0 Å². The molecule has 0 amide bonds. The van der Waals surface area contributed by atoms with Crippen LogP contribution in [-0.4, -0.2) is 19.4 Å². The van der Waals surface area contributed by atoms with Crippen LogP contribution in [0.5, 0.6) is 0 Å². The molecular weight excluding hydrogens is 288 g/mol. The topological polar surface area (TPSA) is 35.5 Å². The fourth-order valence-electron chi connectivity index (χ4n) is 2.65. The van der Waals surface area contributed by atoms with Crippen LogP contribution in [0.1, 0.15) is 110 Å². The van der Waals surface area contributed by atoms with E-state index < -0.39 is 6.16 Å². The van der Waals surface area contributed by atoms with Gasteiger partial charge < -0.3 is 9.47 Å². The first-order valence-electron chi connectivity index (χ1n) is 10.1. The van der Waals surface area contributed by atoms with Gasteiger partial charge in [0, 0.05) is 0 Å². The van der Waals surface area contributed by atoms with Crippen molar-refractivity contribution in [2.75, 3.05) is 13.2 Å². The summed E-state index contributed by atoms with van der Waals surface area (Å²) >= 11 is 0. The Balaban J connectivity index is 3.13. The van der Waals surface area contributed by atoms with Crippen molar-refractivity contribution >= 4 is 6.16 Å². The first-order chi connectivity index (χ1) is 11.3. The second-order valence-corrected chi connectivity index (χ2v) is 6.54. The molecule has 0 aliphatic heterocycles. The van der Waals surface area contributed by atoms with Gasteiger partial charge in [-0.2, -0.15) is 0 Å². The van der Waals surface area contributed by atoms with Gasteiger partial charge in [-0.25, -0.2) is 4.79 Å². The van der Waals surface area contributed by atoms with E-state index in [1.165, 1.54) is 70.6 Å². The Hall–Kier alpha value is -0.730. The molecule has 0 fully saturated rings. The van der Waals surface area contributed by atoms with Gasteiger partial charge in [-0.3, -0.25) is 0 Å². The minimum atomic E-state index is -0.488. The maximum atomic E-state index is 11.4. The highest BCUT2D eigenvalue weighted by molar-refractivity contribution is 5.59. The van der Waals surface area contributed by atoms with Crippen LogP contribution in [0.3, 0.4) is 0 Å². The van der Waals surface area contributed by atoms with Gasteiger partial charge in [0.05, 0.1) is 13.2 Å². The third-order valence-electron chi connectivity index (χ3n) is 4.19. The Bertz CT molecular complexity index is 241. The number of carbonyl (C=O) groups excluding carboxylic acids is 1. The van der Waals surface area contributed by atoms with Crippen LogP contribution in [-0.2, 0) is 9.47 Å². The number of hydrogen-bond acceptors (Lipinski definition) is 3. The number of ether oxygens (including phenoxy) is 2. The van der Waals surface area contributed by atoms with E-state index in [2.05, 4.69) is 13.8 Å². The van der Waals surface area contributed by atoms with Crippen LogP contribution >= 0.6 is 0 Å². The smallest absolute Gasteiger partial charge is 0.434 e. The molecule has 3 nitrogen and oxygen atoms in total. The quantitative estimate of drug-likeness (QED) is 0.212. The minimum absolute atomic E-state index is 0.488. The van der Waals surface area contributed by atoms with E-state index in [1.807, 2.05) is 0 Å². The molecule has 0 aromatic carbocycles. The van der Waals surface area contributed by atoms with Crippen LogP contribution in [0.25, 0.3) is 0 Å². The van der Waals surface area contributed by atoms with Crippen LogP contribution < -0.4 is 0 Å². The van der Waals surface area contributed by atoms with E-state index in [4.69, 9.17) is 9.47 Å². The molecule has 0 spiro atoms. The Kier molecular flexibility index (Phi) is 18.7. The number of carbonyl (C=O) groups is 1. The van der Waals surface area contributed by atoms with E-state index in [9.17, 15) is 4.79 Å². The number of unbranched alkanes of at least 4 members (excludes halogenated alkanes) is 13. The Morgan fingerprint density at radius 3 is 1.17 bits per heavy atom. The van der Waals surface area contributed by atoms with Crippen molar-refractivity contribution in [3.63, 3.8) is 0 Å². The SMILES string of the molecule is CCCCCCCCCCCOC(=O)OCCCCCCCC. The maximum absolute atomic E-state index is 11.4. The minimum Gasteiger partial charge on any atom is -0.434 e. The van der Waals surface area contributed by atoms with Crippen LogP contribution in [0.4, 0.5) is 4.79 Å². The lowest BCUT2D eigenvalue weighted by atomic mass is 10.1. The molecule has 0 aromatic rings. The second kappa shape index (κ2) is 19.3. The lowest BCUT2D eigenvalue weighted by Gasteiger charge is -2.06. The summed E-state index contributed by atoms with van der Waals surface area (Å²) in [4.78, 5) is 11.4. The van der Waals surface area contributed by atoms with Crippen molar-refractivity contribution in [3.05, 3.63) is 0 Å². The average molecular weight is 329 g/mol. The summed E-state index contributed by atoms with van der Waals surface area (Å²) in [6.45, 7) is 5.47. The zero-order valence-electron chi connectivity index (χ0n) is 15.7. The second-order valence-electron chi connectivity index (χ2n) is 6.54. The summed E-state index contributed by atoms with van der Waals surface area (Å²) in [6.07, 6.45) is 18.2. The molecule has 0 heterocycles. The van der Waals surface area contributed by atoms with Crippen LogP contribution in [0.2, 0.25) is 0 Å². The van der Waals surface area contributed by atoms with Gasteiger partial charge in [0.2, 0.25) is 0 Å². The van der Waals surface area contributed by atoms with Crippen molar-refractivity contribution in [2.45, 2.75) is 110 Å². The van der Waals surface area contributed by atoms with Gasteiger partial charge >= 0.3 is 6.16 Å². The lowest BCUT2D eigenvalue weighted by molar-refractivity contribution is 0.0529. The van der Waals surface area contributed by atoms with Crippen molar-refractivity contribution in [2.24, 2.45) is 0 Å². The van der Waals surface area contributed by atoms with Crippen molar-refractivity contribution in [1.82, 2.24) is 0 Å². The van der Waals surface area contributed by atoms with Gasteiger partial charge in [-0.05, 0) is 12.8 Å². The molecule has 0 saturated carbocycles. The molecule has 0 aromatic heterocycles. The van der Waals surface area contributed by atoms with Crippen molar-refractivity contribution in [1.29, 1.82) is 0 Å². The summed E-state index contributed by atoms with van der Waals surface area (Å²) in [5, 5.41) is 0. The normalized spacial score (nSPS) is 10.7. The molecule has 0 N–H and O–H groups in total. The van der Waals surface area contributed by atoms with E-state index >= 15 is 0 Å². The lowest BCUT2D eigenvalue weighted by Crippen LogP contribution is -2.09. The fraction of sp³-hybridized carbons (Fsp3) is 0.950. The summed E-state index contributed by atoms with van der Waals surface area (Å²) in [5.41, 5.74) is 0.